The molecule has 0 saturated carbocycles. The molecule has 0 spiro atoms. The van der Waals surface area contributed by atoms with Crippen LogP contribution in [-0.2, 0) is 13.2 Å². The molecule has 4 heteroatoms. The van der Waals surface area contributed by atoms with Crippen molar-refractivity contribution in [2.24, 2.45) is 0 Å². The fourth-order valence-electron chi connectivity index (χ4n) is 3.70. The van der Waals surface area contributed by atoms with Gasteiger partial charge >= 0.3 is 0 Å². The first kappa shape index (κ1) is 20.0. The number of fused-ring (bicyclic) bond motifs is 1. The molecular formula is C26H28N2O2. The molecule has 0 aliphatic carbocycles. The highest BCUT2D eigenvalue weighted by molar-refractivity contribution is 5.75. The van der Waals surface area contributed by atoms with Crippen molar-refractivity contribution in [1.82, 2.24) is 9.55 Å². The van der Waals surface area contributed by atoms with E-state index in [9.17, 15) is 0 Å². The zero-order valence-electron chi connectivity index (χ0n) is 17.9. The molecule has 4 nitrogen and oxygen atoms in total. The van der Waals surface area contributed by atoms with Gasteiger partial charge in [-0.1, -0.05) is 35.9 Å². The van der Waals surface area contributed by atoms with E-state index in [1.807, 2.05) is 24.3 Å². The summed E-state index contributed by atoms with van der Waals surface area (Å²) in [7, 11) is 0. The summed E-state index contributed by atoms with van der Waals surface area (Å²) in [4.78, 5) is 4.80. The van der Waals surface area contributed by atoms with E-state index in [2.05, 4.69) is 67.8 Å². The van der Waals surface area contributed by atoms with Crippen molar-refractivity contribution in [2.45, 2.75) is 40.3 Å². The number of benzene rings is 3. The number of rotatable bonds is 8. The third kappa shape index (κ3) is 4.82. The van der Waals surface area contributed by atoms with E-state index >= 15 is 0 Å². The molecule has 0 aliphatic rings. The van der Waals surface area contributed by atoms with Crippen molar-refractivity contribution in [3.05, 3.63) is 89.2 Å². The fraction of sp³-hybridized carbons (Fsp3) is 0.269. The molecule has 0 unspecified atom stereocenters. The highest BCUT2D eigenvalue weighted by Gasteiger charge is 2.11. The summed E-state index contributed by atoms with van der Waals surface area (Å²) < 4.78 is 14.2. The number of imidazole rings is 1. The van der Waals surface area contributed by atoms with Crippen molar-refractivity contribution in [2.75, 3.05) is 6.61 Å². The van der Waals surface area contributed by atoms with Crippen LogP contribution in [0.4, 0.5) is 0 Å². The Morgan fingerprint density at radius 2 is 1.50 bits per heavy atom. The number of hydrogen-bond acceptors (Lipinski definition) is 3. The van der Waals surface area contributed by atoms with Gasteiger partial charge in [0.05, 0.1) is 17.6 Å². The molecule has 0 amide bonds. The Bertz CT molecular complexity index is 1110. The Balaban J connectivity index is 1.43. The first-order chi connectivity index (χ1) is 14.6. The smallest absolute Gasteiger partial charge is 0.147 e. The van der Waals surface area contributed by atoms with Crippen LogP contribution in [0.15, 0.2) is 66.7 Å². The molecule has 4 rings (SSSR count). The fourth-order valence-corrected chi connectivity index (χ4v) is 3.70. The normalized spacial score (nSPS) is 11.0. The molecule has 0 aliphatic heterocycles. The van der Waals surface area contributed by atoms with Crippen LogP contribution in [0.2, 0.25) is 0 Å². The van der Waals surface area contributed by atoms with Crippen molar-refractivity contribution in [3.8, 4) is 11.5 Å². The van der Waals surface area contributed by atoms with Crippen LogP contribution in [0.5, 0.6) is 11.5 Å². The average molecular weight is 401 g/mol. The first-order valence-electron chi connectivity index (χ1n) is 10.4. The topological polar surface area (TPSA) is 36.3 Å². The van der Waals surface area contributed by atoms with Crippen LogP contribution in [0, 0.1) is 20.8 Å². The predicted molar refractivity (Wildman–Crippen MR) is 121 cm³/mol. The molecular weight excluding hydrogens is 372 g/mol. The summed E-state index contributed by atoms with van der Waals surface area (Å²) in [6.07, 6.45) is 0.894. The molecule has 1 aromatic heterocycles. The number of hydrogen-bond donors (Lipinski definition) is 0. The van der Waals surface area contributed by atoms with Gasteiger partial charge < -0.3 is 14.0 Å². The second-order valence-corrected chi connectivity index (χ2v) is 7.80. The molecule has 0 saturated heterocycles. The second kappa shape index (κ2) is 9.04. The minimum absolute atomic E-state index is 0.440. The number of aromatic nitrogens is 2. The lowest BCUT2D eigenvalue weighted by Gasteiger charge is -2.12. The summed E-state index contributed by atoms with van der Waals surface area (Å²) in [5.74, 6) is 2.73. The van der Waals surface area contributed by atoms with Crippen molar-refractivity contribution in [1.29, 1.82) is 0 Å². The first-order valence-corrected chi connectivity index (χ1v) is 10.4. The lowest BCUT2D eigenvalue weighted by atomic mass is 10.1. The van der Waals surface area contributed by atoms with Gasteiger partial charge in [-0.05, 0) is 74.7 Å². The van der Waals surface area contributed by atoms with Gasteiger partial charge in [-0.25, -0.2) is 4.98 Å². The molecule has 0 atom stereocenters. The Morgan fingerprint density at radius 1 is 0.767 bits per heavy atom. The van der Waals surface area contributed by atoms with Crippen LogP contribution in [-0.4, -0.2) is 16.2 Å². The molecule has 30 heavy (non-hydrogen) atoms. The number of aryl methyl sites for hydroxylation is 4. The largest absolute Gasteiger partial charge is 0.494 e. The number of ether oxygens (including phenoxy) is 2. The Hall–Kier alpha value is -3.27. The lowest BCUT2D eigenvalue weighted by Crippen LogP contribution is -2.10. The molecule has 1 heterocycles. The van der Waals surface area contributed by atoms with Crippen LogP contribution < -0.4 is 9.47 Å². The Labute approximate surface area is 178 Å². The van der Waals surface area contributed by atoms with Gasteiger partial charge in [0.25, 0.3) is 0 Å². The quantitative estimate of drug-likeness (QED) is 0.340. The maximum absolute atomic E-state index is 6.00. The standard InChI is InChI=1S/C26H28N2O2/c1-19-9-11-22(12-10-19)30-18-26-27-24-7-4-5-8-25(24)28(26)13-6-14-29-23-16-20(2)15-21(3)17-23/h4-5,7-12,15-17H,6,13-14,18H2,1-3H3. The van der Waals surface area contributed by atoms with E-state index in [4.69, 9.17) is 14.5 Å². The van der Waals surface area contributed by atoms with E-state index < -0.39 is 0 Å². The second-order valence-electron chi connectivity index (χ2n) is 7.80. The maximum Gasteiger partial charge on any atom is 0.147 e. The maximum atomic E-state index is 6.00. The summed E-state index contributed by atoms with van der Waals surface area (Å²) >= 11 is 0. The van der Waals surface area contributed by atoms with E-state index in [-0.39, 0.29) is 0 Å². The van der Waals surface area contributed by atoms with Gasteiger partial charge in [-0.3, -0.25) is 0 Å². The van der Waals surface area contributed by atoms with E-state index in [0.29, 0.717) is 13.2 Å². The minimum atomic E-state index is 0.440. The summed E-state index contributed by atoms with van der Waals surface area (Å²) in [6, 6.07) is 22.7. The molecule has 154 valence electrons. The van der Waals surface area contributed by atoms with E-state index in [1.165, 1.54) is 16.7 Å². The lowest BCUT2D eigenvalue weighted by molar-refractivity contribution is 0.280. The van der Waals surface area contributed by atoms with Gasteiger partial charge in [-0.15, -0.1) is 0 Å². The van der Waals surface area contributed by atoms with E-state index in [1.54, 1.807) is 0 Å². The van der Waals surface area contributed by atoms with Gasteiger partial charge in [0.2, 0.25) is 0 Å². The van der Waals surface area contributed by atoms with Crippen molar-refractivity contribution in [3.63, 3.8) is 0 Å². The third-order valence-corrected chi connectivity index (χ3v) is 5.11. The van der Waals surface area contributed by atoms with Gasteiger partial charge in [-0.2, -0.15) is 0 Å². The molecule has 0 bridgehead atoms. The van der Waals surface area contributed by atoms with Crippen molar-refractivity contribution >= 4 is 11.0 Å². The van der Waals surface area contributed by atoms with Crippen LogP contribution >= 0.6 is 0 Å². The molecule has 3 aromatic carbocycles. The van der Waals surface area contributed by atoms with Gasteiger partial charge in [0.15, 0.2) is 0 Å². The Kier molecular flexibility index (Phi) is 6.03. The predicted octanol–water partition coefficient (Wildman–Crippen LogP) is 6.01. The summed E-state index contributed by atoms with van der Waals surface area (Å²) in [5.41, 5.74) is 5.79. The highest BCUT2D eigenvalue weighted by Crippen LogP contribution is 2.20. The van der Waals surface area contributed by atoms with Crippen LogP contribution in [0.25, 0.3) is 11.0 Å². The monoisotopic (exact) mass is 400 g/mol. The molecule has 0 radical (unpaired) electrons. The summed E-state index contributed by atoms with van der Waals surface area (Å²) in [6.45, 7) is 8.19. The van der Waals surface area contributed by atoms with Gasteiger partial charge in [0.1, 0.15) is 23.9 Å². The highest BCUT2D eigenvalue weighted by atomic mass is 16.5. The Morgan fingerprint density at radius 3 is 2.27 bits per heavy atom. The van der Waals surface area contributed by atoms with Crippen LogP contribution in [0.1, 0.15) is 28.9 Å². The third-order valence-electron chi connectivity index (χ3n) is 5.11. The minimum Gasteiger partial charge on any atom is -0.494 e. The van der Waals surface area contributed by atoms with Crippen molar-refractivity contribution < 1.29 is 9.47 Å². The number of nitrogens with zero attached hydrogens (tertiary/aromatic N) is 2. The van der Waals surface area contributed by atoms with Gasteiger partial charge in [0, 0.05) is 6.54 Å². The molecule has 0 N–H and O–H groups in total. The zero-order chi connectivity index (χ0) is 20.9. The average Bonchev–Trinajstić information content (AvgIpc) is 3.08. The van der Waals surface area contributed by atoms with E-state index in [0.717, 1.165) is 41.3 Å². The zero-order valence-corrected chi connectivity index (χ0v) is 17.9. The SMILES string of the molecule is Cc1ccc(OCc2nc3ccccc3n2CCCOc2cc(C)cc(C)c2)cc1. The molecule has 0 fully saturated rings. The molecule has 4 aromatic rings. The number of para-hydroxylation sites is 2. The van der Waals surface area contributed by atoms with Crippen LogP contribution in [0.3, 0.4) is 0 Å². The summed E-state index contributed by atoms with van der Waals surface area (Å²) in [5, 5.41) is 0.